The molecule has 2 unspecified atom stereocenters. The second kappa shape index (κ2) is 5.53. The van der Waals surface area contributed by atoms with Gasteiger partial charge in [0.15, 0.2) is 0 Å². The fourth-order valence-electron chi connectivity index (χ4n) is 2.48. The van der Waals surface area contributed by atoms with E-state index in [4.69, 9.17) is 5.73 Å². The largest absolute Gasteiger partial charge is 0.329 e. The van der Waals surface area contributed by atoms with E-state index in [1.807, 2.05) is 24.5 Å². The Balaban J connectivity index is 2.09. The number of nitrogens with two attached hydrogens (primary N) is 1. The van der Waals surface area contributed by atoms with Crippen LogP contribution in [-0.4, -0.2) is 15.6 Å². The van der Waals surface area contributed by atoms with Crippen molar-refractivity contribution in [2.75, 3.05) is 0 Å². The molecule has 2 aromatic rings. The summed E-state index contributed by atoms with van der Waals surface area (Å²) in [5.74, 6) is 1.23. The van der Waals surface area contributed by atoms with Crippen molar-refractivity contribution in [3.63, 3.8) is 0 Å². The highest BCUT2D eigenvalue weighted by Crippen LogP contribution is 2.17. The Kier molecular flexibility index (Phi) is 4.02. The maximum atomic E-state index is 6.30. The van der Waals surface area contributed by atoms with Crippen molar-refractivity contribution in [2.45, 2.75) is 39.8 Å². The second-order valence-electron chi connectivity index (χ2n) is 5.66. The number of para-hydroxylation sites is 2. The smallest absolute Gasteiger partial charge is 0.0958 e. The van der Waals surface area contributed by atoms with Gasteiger partial charge in [0.2, 0.25) is 0 Å². The third-order valence-corrected chi connectivity index (χ3v) is 3.51. The number of rotatable bonds is 5. The molecule has 2 rings (SSSR count). The van der Waals surface area contributed by atoms with Gasteiger partial charge in [0.1, 0.15) is 0 Å². The molecule has 18 heavy (non-hydrogen) atoms. The summed E-state index contributed by atoms with van der Waals surface area (Å²) < 4.78 is 2.16. The molecule has 0 radical (unpaired) electrons. The van der Waals surface area contributed by atoms with Crippen LogP contribution in [0, 0.1) is 11.8 Å². The molecule has 1 aromatic carbocycles. The predicted octanol–water partition coefficient (Wildman–Crippen LogP) is 3.05. The number of hydrogen-bond donors (Lipinski definition) is 1. The fraction of sp³-hybridized carbons (Fsp3) is 0.533. The summed E-state index contributed by atoms with van der Waals surface area (Å²) in [7, 11) is 0. The van der Waals surface area contributed by atoms with E-state index in [0.717, 1.165) is 12.1 Å². The number of hydrogen-bond acceptors (Lipinski definition) is 2. The van der Waals surface area contributed by atoms with E-state index in [0.29, 0.717) is 11.8 Å². The average molecular weight is 245 g/mol. The Morgan fingerprint density at radius 3 is 2.67 bits per heavy atom. The Bertz CT molecular complexity index is 501. The first-order valence-electron chi connectivity index (χ1n) is 6.73. The zero-order valence-electron chi connectivity index (χ0n) is 11.5. The highest BCUT2D eigenvalue weighted by atomic mass is 15.1. The summed E-state index contributed by atoms with van der Waals surface area (Å²) >= 11 is 0. The summed E-state index contributed by atoms with van der Waals surface area (Å²) in [5, 5.41) is 0. The number of aromatic nitrogens is 2. The summed E-state index contributed by atoms with van der Waals surface area (Å²) in [6.45, 7) is 7.57. The molecular formula is C15H23N3. The SMILES string of the molecule is CC(C)CC(C)C(N)Cn1cnc2ccccc21. The third kappa shape index (κ3) is 2.91. The molecule has 0 aliphatic carbocycles. The third-order valence-electron chi connectivity index (χ3n) is 3.51. The van der Waals surface area contributed by atoms with Gasteiger partial charge in [0, 0.05) is 12.6 Å². The maximum absolute atomic E-state index is 6.30. The van der Waals surface area contributed by atoms with E-state index in [1.54, 1.807) is 0 Å². The van der Waals surface area contributed by atoms with E-state index < -0.39 is 0 Å². The molecule has 98 valence electrons. The summed E-state index contributed by atoms with van der Waals surface area (Å²) in [6.07, 6.45) is 3.07. The van der Waals surface area contributed by atoms with Crippen molar-refractivity contribution in [1.82, 2.24) is 9.55 Å². The van der Waals surface area contributed by atoms with Gasteiger partial charge in [-0.2, -0.15) is 0 Å². The molecule has 0 bridgehead atoms. The summed E-state index contributed by atoms with van der Waals surface area (Å²) in [6, 6.07) is 8.38. The monoisotopic (exact) mass is 245 g/mol. The molecule has 3 nitrogen and oxygen atoms in total. The molecule has 0 saturated heterocycles. The highest BCUT2D eigenvalue weighted by molar-refractivity contribution is 5.74. The minimum atomic E-state index is 0.185. The van der Waals surface area contributed by atoms with E-state index in [2.05, 4.69) is 36.4 Å². The lowest BCUT2D eigenvalue weighted by Gasteiger charge is -2.22. The van der Waals surface area contributed by atoms with Crippen LogP contribution < -0.4 is 5.73 Å². The van der Waals surface area contributed by atoms with Crippen LogP contribution in [0.4, 0.5) is 0 Å². The molecule has 0 saturated carbocycles. The number of fused-ring (bicyclic) bond motifs is 1. The first-order chi connectivity index (χ1) is 8.58. The van der Waals surface area contributed by atoms with Crippen molar-refractivity contribution < 1.29 is 0 Å². The molecule has 0 fully saturated rings. The van der Waals surface area contributed by atoms with Gasteiger partial charge in [0.05, 0.1) is 17.4 Å². The first kappa shape index (κ1) is 13.1. The molecule has 2 N–H and O–H groups in total. The summed E-state index contributed by atoms with van der Waals surface area (Å²) in [4.78, 5) is 4.40. The number of imidazole rings is 1. The quantitative estimate of drug-likeness (QED) is 0.880. The van der Waals surface area contributed by atoms with Gasteiger partial charge >= 0.3 is 0 Å². The molecule has 1 heterocycles. The minimum absolute atomic E-state index is 0.185. The van der Waals surface area contributed by atoms with Crippen molar-refractivity contribution in [3.05, 3.63) is 30.6 Å². The van der Waals surface area contributed by atoms with Gasteiger partial charge in [0.25, 0.3) is 0 Å². The normalized spacial score (nSPS) is 15.2. The molecule has 0 spiro atoms. The van der Waals surface area contributed by atoms with Crippen molar-refractivity contribution in [1.29, 1.82) is 0 Å². The summed E-state index contributed by atoms with van der Waals surface area (Å²) in [5.41, 5.74) is 8.51. The van der Waals surface area contributed by atoms with Gasteiger partial charge < -0.3 is 10.3 Å². The van der Waals surface area contributed by atoms with Crippen LogP contribution in [0.15, 0.2) is 30.6 Å². The predicted molar refractivity (Wildman–Crippen MR) is 76.3 cm³/mol. The lowest BCUT2D eigenvalue weighted by Crippen LogP contribution is -2.33. The maximum Gasteiger partial charge on any atom is 0.0958 e. The van der Waals surface area contributed by atoms with Gasteiger partial charge in [-0.1, -0.05) is 32.9 Å². The highest BCUT2D eigenvalue weighted by Gasteiger charge is 2.15. The van der Waals surface area contributed by atoms with E-state index in [1.165, 1.54) is 11.9 Å². The molecule has 3 heteroatoms. The van der Waals surface area contributed by atoms with Crippen LogP contribution in [0.3, 0.4) is 0 Å². The number of nitrogens with zero attached hydrogens (tertiary/aromatic N) is 2. The Hall–Kier alpha value is -1.35. The molecule has 2 atom stereocenters. The lowest BCUT2D eigenvalue weighted by atomic mass is 9.92. The zero-order chi connectivity index (χ0) is 13.1. The molecular weight excluding hydrogens is 222 g/mol. The van der Waals surface area contributed by atoms with Gasteiger partial charge in [-0.3, -0.25) is 0 Å². The average Bonchev–Trinajstić information content (AvgIpc) is 2.72. The second-order valence-corrected chi connectivity index (χ2v) is 5.66. The Morgan fingerprint density at radius 1 is 1.22 bits per heavy atom. The van der Waals surface area contributed by atoms with Crippen molar-refractivity contribution >= 4 is 11.0 Å². The standard InChI is InChI=1S/C15H23N3/c1-11(2)8-12(3)13(16)9-18-10-17-14-6-4-5-7-15(14)18/h4-7,10-13H,8-9,16H2,1-3H3. The van der Waals surface area contributed by atoms with E-state index in [9.17, 15) is 0 Å². The van der Waals surface area contributed by atoms with Crippen LogP contribution in [-0.2, 0) is 6.54 Å². The lowest BCUT2D eigenvalue weighted by molar-refractivity contribution is 0.346. The molecule has 0 aliphatic rings. The van der Waals surface area contributed by atoms with Gasteiger partial charge in [-0.25, -0.2) is 4.98 Å². The van der Waals surface area contributed by atoms with Crippen LogP contribution in [0.25, 0.3) is 11.0 Å². The fourth-order valence-corrected chi connectivity index (χ4v) is 2.48. The van der Waals surface area contributed by atoms with Crippen LogP contribution in [0.2, 0.25) is 0 Å². The molecule has 1 aromatic heterocycles. The van der Waals surface area contributed by atoms with E-state index in [-0.39, 0.29) is 6.04 Å². The zero-order valence-corrected chi connectivity index (χ0v) is 11.5. The molecule has 0 aliphatic heterocycles. The van der Waals surface area contributed by atoms with Crippen molar-refractivity contribution in [3.8, 4) is 0 Å². The minimum Gasteiger partial charge on any atom is -0.329 e. The van der Waals surface area contributed by atoms with E-state index >= 15 is 0 Å². The Labute approximate surface area is 109 Å². The number of benzene rings is 1. The van der Waals surface area contributed by atoms with Gasteiger partial charge in [-0.15, -0.1) is 0 Å². The molecule has 0 amide bonds. The van der Waals surface area contributed by atoms with Crippen LogP contribution >= 0.6 is 0 Å². The first-order valence-corrected chi connectivity index (χ1v) is 6.73. The van der Waals surface area contributed by atoms with Crippen LogP contribution in [0.1, 0.15) is 27.2 Å². The van der Waals surface area contributed by atoms with Crippen LogP contribution in [0.5, 0.6) is 0 Å². The topological polar surface area (TPSA) is 43.8 Å². The van der Waals surface area contributed by atoms with Gasteiger partial charge in [-0.05, 0) is 30.4 Å². The Morgan fingerprint density at radius 2 is 1.94 bits per heavy atom. The van der Waals surface area contributed by atoms with Crippen molar-refractivity contribution in [2.24, 2.45) is 17.6 Å².